The van der Waals surface area contributed by atoms with Gasteiger partial charge in [0.1, 0.15) is 16.2 Å². The summed E-state index contributed by atoms with van der Waals surface area (Å²) in [7, 11) is 3.53. The lowest BCUT2D eigenvalue weighted by molar-refractivity contribution is 0.276. The highest BCUT2D eigenvalue weighted by Gasteiger charge is 2.16. The van der Waals surface area contributed by atoms with E-state index in [2.05, 4.69) is 20.9 Å². The first-order valence-electron chi connectivity index (χ1n) is 5.55. The number of imidazole rings is 1. The van der Waals surface area contributed by atoms with Gasteiger partial charge in [-0.1, -0.05) is 11.6 Å². The Labute approximate surface area is 114 Å². The molecule has 96 valence electrons. The minimum Gasteiger partial charge on any atom is -0.496 e. The molecule has 0 aliphatic heterocycles. The molecule has 0 saturated carbocycles. The van der Waals surface area contributed by atoms with Crippen LogP contribution in [0.25, 0.3) is 11.4 Å². The monoisotopic (exact) mass is 310 g/mol. The molecule has 0 unspecified atom stereocenters. The van der Waals surface area contributed by atoms with Crippen molar-refractivity contribution in [3.05, 3.63) is 34.1 Å². The fourth-order valence-electron chi connectivity index (χ4n) is 1.87. The first-order chi connectivity index (χ1) is 8.58. The van der Waals surface area contributed by atoms with E-state index in [4.69, 9.17) is 4.74 Å². The van der Waals surface area contributed by atoms with Gasteiger partial charge in [0.2, 0.25) is 0 Å². The molecule has 0 fully saturated rings. The molecule has 0 bridgehead atoms. The van der Waals surface area contributed by atoms with Gasteiger partial charge in [-0.05, 0) is 35.0 Å². The van der Waals surface area contributed by atoms with Crippen LogP contribution in [0.4, 0.5) is 0 Å². The third-order valence-corrected chi connectivity index (χ3v) is 3.83. The summed E-state index contributed by atoms with van der Waals surface area (Å²) in [6, 6.07) is 5.94. The predicted molar refractivity (Wildman–Crippen MR) is 73.6 cm³/mol. The van der Waals surface area contributed by atoms with Crippen molar-refractivity contribution in [2.75, 3.05) is 7.11 Å². The molecule has 0 amide bonds. The predicted octanol–water partition coefficient (Wildman–Crippen LogP) is 2.66. The largest absolute Gasteiger partial charge is 0.496 e. The number of hydrogen-bond acceptors (Lipinski definition) is 3. The van der Waals surface area contributed by atoms with Crippen LogP contribution in [0.15, 0.2) is 22.8 Å². The Morgan fingerprint density at radius 1 is 1.44 bits per heavy atom. The number of hydrogen-bond donors (Lipinski definition) is 1. The number of aryl methyl sites for hydroxylation is 1. The lowest BCUT2D eigenvalue weighted by Crippen LogP contribution is -1.96. The number of nitrogens with zero attached hydrogens (tertiary/aromatic N) is 2. The van der Waals surface area contributed by atoms with Gasteiger partial charge < -0.3 is 14.4 Å². The minimum absolute atomic E-state index is 0.0947. The third-order valence-electron chi connectivity index (χ3n) is 2.84. The zero-order valence-electron chi connectivity index (χ0n) is 10.6. The van der Waals surface area contributed by atoms with Crippen molar-refractivity contribution in [1.29, 1.82) is 0 Å². The van der Waals surface area contributed by atoms with Crippen LogP contribution in [-0.2, 0) is 13.7 Å². The summed E-state index contributed by atoms with van der Waals surface area (Å²) >= 11 is 3.42. The van der Waals surface area contributed by atoms with Crippen LogP contribution >= 0.6 is 15.9 Å². The summed E-state index contributed by atoms with van der Waals surface area (Å²) in [6.07, 6.45) is 0. The summed E-state index contributed by atoms with van der Waals surface area (Å²) in [6.45, 7) is 1.93. The van der Waals surface area contributed by atoms with Gasteiger partial charge in [-0.2, -0.15) is 0 Å². The van der Waals surface area contributed by atoms with Crippen molar-refractivity contribution in [2.45, 2.75) is 13.5 Å². The maximum absolute atomic E-state index is 9.25. The van der Waals surface area contributed by atoms with E-state index in [1.54, 1.807) is 7.11 Å². The molecule has 2 aromatic rings. The number of aliphatic hydroxyl groups excluding tert-OH is 1. The highest BCUT2D eigenvalue weighted by atomic mass is 79.9. The van der Waals surface area contributed by atoms with E-state index in [9.17, 15) is 5.11 Å². The van der Waals surface area contributed by atoms with Crippen molar-refractivity contribution in [1.82, 2.24) is 9.55 Å². The second kappa shape index (κ2) is 5.12. The Hall–Kier alpha value is -1.33. The molecule has 0 aliphatic rings. The van der Waals surface area contributed by atoms with Crippen LogP contribution < -0.4 is 4.74 Å². The van der Waals surface area contributed by atoms with Crippen LogP contribution in [0.5, 0.6) is 5.75 Å². The highest BCUT2D eigenvalue weighted by molar-refractivity contribution is 9.10. The molecule has 5 heteroatoms. The number of aliphatic hydroxyl groups is 1. The van der Waals surface area contributed by atoms with Gasteiger partial charge in [0, 0.05) is 7.05 Å². The average molecular weight is 311 g/mol. The molecule has 1 heterocycles. The highest BCUT2D eigenvalue weighted by Crippen LogP contribution is 2.32. The van der Waals surface area contributed by atoms with E-state index in [-0.39, 0.29) is 6.61 Å². The Balaban J connectivity index is 2.64. The molecule has 0 saturated heterocycles. The van der Waals surface area contributed by atoms with Crippen LogP contribution in [0.2, 0.25) is 0 Å². The molecule has 0 aliphatic carbocycles. The SMILES string of the molecule is COc1ccc(C)cc1-c1nc(CO)c(Br)n1C. The smallest absolute Gasteiger partial charge is 0.144 e. The standard InChI is InChI=1S/C13H15BrN2O2/c1-8-4-5-11(18-3)9(6-8)13-15-10(7-17)12(14)16(13)2/h4-6,17H,7H2,1-3H3. The number of benzene rings is 1. The van der Waals surface area contributed by atoms with Crippen molar-refractivity contribution in [2.24, 2.45) is 7.05 Å². The van der Waals surface area contributed by atoms with Crippen molar-refractivity contribution in [3.63, 3.8) is 0 Å². The molecule has 1 aromatic heterocycles. The Morgan fingerprint density at radius 2 is 2.17 bits per heavy atom. The lowest BCUT2D eigenvalue weighted by Gasteiger charge is -2.09. The molecule has 2 rings (SSSR count). The minimum atomic E-state index is -0.0947. The molecule has 0 radical (unpaired) electrons. The molecule has 4 nitrogen and oxygen atoms in total. The van der Waals surface area contributed by atoms with Crippen LogP contribution in [0.1, 0.15) is 11.3 Å². The van der Waals surface area contributed by atoms with E-state index in [1.165, 1.54) is 0 Å². The van der Waals surface area contributed by atoms with Gasteiger partial charge in [-0.3, -0.25) is 0 Å². The third kappa shape index (κ3) is 2.15. The van der Waals surface area contributed by atoms with Crippen LogP contribution in [-0.4, -0.2) is 21.8 Å². The fourth-order valence-corrected chi connectivity index (χ4v) is 2.26. The quantitative estimate of drug-likeness (QED) is 0.948. The van der Waals surface area contributed by atoms with Gasteiger partial charge in [0.15, 0.2) is 0 Å². The van der Waals surface area contributed by atoms with Gasteiger partial charge in [-0.25, -0.2) is 4.98 Å². The van der Waals surface area contributed by atoms with Gasteiger partial charge in [0.05, 0.1) is 25.0 Å². The molecule has 0 atom stereocenters. The van der Waals surface area contributed by atoms with E-state index in [0.717, 1.165) is 27.3 Å². The summed E-state index contributed by atoms with van der Waals surface area (Å²) < 4.78 is 8.03. The second-order valence-electron chi connectivity index (χ2n) is 4.09. The Bertz CT molecular complexity index is 579. The summed E-state index contributed by atoms with van der Waals surface area (Å²) in [4.78, 5) is 4.43. The van der Waals surface area contributed by atoms with E-state index < -0.39 is 0 Å². The molecular formula is C13H15BrN2O2. The lowest BCUT2D eigenvalue weighted by atomic mass is 10.1. The number of rotatable bonds is 3. The summed E-state index contributed by atoms with van der Waals surface area (Å²) in [5.74, 6) is 1.54. The zero-order chi connectivity index (χ0) is 13.3. The van der Waals surface area contributed by atoms with Crippen molar-refractivity contribution in [3.8, 4) is 17.1 Å². The number of methoxy groups -OCH3 is 1. The first-order valence-corrected chi connectivity index (χ1v) is 6.34. The fraction of sp³-hybridized carbons (Fsp3) is 0.308. The number of halogens is 1. The van der Waals surface area contributed by atoms with Crippen LogP contribution in [0.3, 0.4) is 0 Å². The van der Waals surface area contributed by atoms with E-state index in [0.29, 0.717) is 5.69 Å². The van der Waals surface area contributed by atoms with E-state index >= 15 is 0 Å². The van der Waals surface area contributed by atoms with Crippen molar-refractivity contribution < 1.29 is 9.84 Å². The number of aromatic nitrogens is 2. The topological polar surface area (TPSA) is 47.3 Å². The maximum atomic E-state index is 9.25. The normalized spacial score (nSPS) is 10.7. The summed E-state index contributed by atoms with van der Waals surface area (Å²) in [5, 5.41) is 9.25. The Morgan fingerprint density at radius 3 is 2.72 bits per heavy atom. The zero-order valence-corrected chi connectivity index (χ0v) is 12.2. The Kier molecular flexibility index (Phi) is 3.73. The molecule has 1 N–H and O–H groups in total. The van der Waals surface area contributed by atoms with Gasteiger partial charge in [-0.15, -0.1) is 0 Å². The molecule has 18 heavy (non-hydrogen) atoms. The average Bonchev–Trinajstić information content (AvgIpc) is 2.66. The van der Waals surface area contributed by atoms with Crippen molar-refractivity contribution >= 4 is 15.9 Å². The summed E-state index contributed by atoms with van der Waals surface area (Å²) in [5.41, 5.74) is 2.67. The molecular weight excluding hydrogens is 296 g/mol. The molecule has 1 aromatic carbocycles. The number of ether oxygens (including phenoxy) is 1. The van der Waals surface area contributed by atoms with E-state index in [1.807, 2.05) is 36.7 Å². The van der Waals surface area contributed by atoms with Crippen LogP contribution in [0, 0.1) is 6.92 Å². The first kappa shape index (κ1) is 13.1. The molecule has 0 spiro atoms. The van der Waals surface area contributed by atoms with Gasteiger partial charge in [0.25, 0.3) is 0 Å². The van der Waals surface area contributed by atoms with Gasteiger partial charge >= 0.3 is 0 Å². The second-order valence-corrected chi connectivity index (χ2v) is 4.84. The maximum Gasteiger partial charge on any atom is 0.144 e.